The van der Waals surface area contributed by atoms with Gasteiger partial charge in [0.05, 0.1) is 19.1 Å². The van der Waals surface area contributed by atoms with Gasteiger partial charge < -0.3 is 19.7 Å². The highest BCUT2D eigenvalue weighted by Crippen LogP contribution is 2.41. The molecule has 0 aliphatic heterocycles. The quantitative estimate of drug-likeness (QED) is 0.496. The highest BCUT2D eigenvalue weighted by molar-refractivity contribution is 5.70. The van der Waals surface area contributed by atoms with Gasteiger partial charge in [-0.15, -0.1) is 0 Å². The molecule has 0 radical (unpaired) electrons. The number of aliphatic carboxylic acids is 1. The molecule has 0 saturated heterocycles. The molecule has 0 amide bonds. The van der Waals surface area contributed by atoms with Crippen molar-refractivity contribution in [1.82, 2.24) is 0 Å². The van der Waals surface area contributed by atoms with E-state index in [-0.39, 0.29) is 11.1 Å². The van der Waals surface area contributed by atoms with E-state index in [1.54, 1.807) is 36.4 Å². The maximum Gasteiger partial charge on any atom is 0.309 e. The summed E-state index contributed by atoms with van der Waals surface area (Å²) in [6, 6.07) is 14.1. The van der Waals surface area contributed by atoms with Crippen LogP contribution < -0.4 is 9.47 Å². The van der Waals surface area contributed by atoms with Crippen molar-refractivity contribution in [2.45, 2.75) is 32.0 Å². The maximum absolute atomic E-state index is 15.4. The third-order valence-corrected chi connectivity index (χ3v) is 6.09. The summed E-state index contributed by atoms with van der Waals surface area (Å²) < 4.78 is 41.0. The molecule has 5 nitrogen and oxygen atoms in total. The minimum absolute atomic E-state index is 0.133. The van der Waals surface area contributed by atoms with Crippen molar-refractivity contribution in [3.8, 4) is 22.6 Å². The summed E-state index contributed by atoms with van der Waals surface area (Å²) in [6.45, 7) is 1.43. The minimum Gasteiger partial charge on any atom is -0.497 e. The Balaban J connectivity index is 1.60. The lowest BCUT2D eigenvalue weighted by Gasteiger charge is -2.19. The van der Waals surface area contributed by atoms with Gasteiger partial charge in [0.15, 0.2) is 0 Å². The van der Waals surface area contributed by atoms with Gasteiger partial charge in [0.1, 0.15) is 29.2 Å². The van der Waals surface area contributed by atoms with Crippen molar-refractivity contribution >= 4 is 5.97 Å². The van der Waals surface area contributed by atoms with Crippen molar-refractivity contribution in [2.75, 3.05) is 7.11 Å². The van der Waals surface area contributed by atoms with Gasteiger partial charge in [-0.3, -0.25) is 4.79 Å². The molecule has 0 heterocycles. The molecule has 3 atom stereocenters. The van der Waals surface area contributed by atoms with Crippen LogP contribution in [0.1, 0.15) is 42.2 Å². The number of carboxylic acid groups (broad SMARTS) is 1. The Kier molecular flexibility index (Phi) is 6.33. The summed E-state index contributed by atoms with van der Waals surface area (Å²) in [6.07, 6.45) is -0.624. The zero-order chi connectivity index (χ0) is 23.7. The Hall–Kier alpha value is -3.45. The molecule has 0 spiro atoms. The number of rotatable bonds is 7. The average molecular weight is 454 g/mol. The lowest BCUT2D eigenvalue weighted by molar-refractivity contribution is -0.145. The number of hydrogen-bond donors (Lipinski definition) is 2. The van der Waals surface area contributed by atoms with E-state index < -0.39 is 35.7 Å². The van der Waals surface area contributed by atoms with Crippen molar-refractivity contribution in [3.63, 3.8) is 0 Å². The summed E-state index contributed by atoms with van der Waals surface area (Å²) in [5.41, 5.74) is 1.89. The van der Waals surface area contributed by atoms with Gasteiger partial charge in [0.25, 0.3) is 0 Å². The molecule has 4 rings (SSSR count). The van der Waals surface area contributed by atoms with Crippen LogP contribution in [-0.2, 0) is 11.2 Å². The molecule has 0 unspecified atom stereocenters. The highest BCUT2D eigenvalue weighted by atomic mass is 19.1. The van der Waals surface area contributed by atoms with Gasteiger partial charge in [0.2, 0.25) is 0 Å². The van der Waals surface area contributed by atoms with Crippen molar-refractivity contribution in [3.05, 3.63) is 82.9 Å². The van der Waals surface area contributed by atoms with Crippen LogP contribution >= 0.6 is 0 Å². The van der Waals surface area contributed by atoms with Crippen molar-refractivity contribution < 1.29 is 33.3 Å². The number of methoxy groups -OCH3 is 1. The molecule has 172 valence electrons. The molecule has 7 heteroatoms. The number of carbonyl (C=O) groups is 1. The summed E-state index contributed by atoms with van der Waals surface area (Å²) in [5.74, 6) is -2.21. The van der Waals surface area contributed by atoms with E-state index in [1.807, 2.05) is 0 Å². The van der Waals surface area contributed by atoms with Crippen LogP contribution in [0.25, 0.3) is 11.1 Å². The molecular weight excluding hydrogens is 430 g/mol. The smallest absolute Gasteiger partial charge is 0.309 e. The van der Waals surface area contributed by atoms with Gasteiger partial charge in [0, 0.05) is 11.1 Å². The first kappa shape index (κ1) is 22.7. The van der Waals surface area contributed by atoms with Crippen LogP contribution in [0.5, 0.6) is 11.5 Å². The topological polar surface area (TPSA) is 76.0 Å². The van der Waals surface area contributed by atoms with Crippen LogP contribution in [-0.4, -0.2) is 23.3 Å². The van der Waals surface area contributed by atoms with E-state index >= 15 is 4.39 Å². The van der Waals surface area contributed by atoms with E-state index in [9.17, 15) is 14.3 Å². The molecule has 0 bridgehead atoms. The van der Waals surface area contributed by atoms with E-state index in [4.69, 9.17) is 14.6 Å². The van der Waals surface area contributed by atoms with Crippen LogP contribution in [0.15, 0.2) is 54.6 Å². The monoisotopic (exact) mass is 454 g/mol. The van der Waals surface area contributed by atoms with Gasteiger partial charge in [-0.1, -0.05) is 24.3 Å². The molecule has 1 aliphatic carbocycles. The number of aliphatic hydroxyl groups is 1. The zero-order valence-electron chi connectivity index (χ0n) is 18.2. The van der Waals surface area contributed by atoms with Gasteiger partial charge in [-0.2, -0.15) is 0 Å². The van der Waals surface area contributed by atoms with Gasteiger partial charge >= 0.3 is 5.97 Å². The molecule has 2 N–H and O–H groups in total. The van der Waals surface area contributed by atoms with Crippen LogP contribution in [0.3, 0.4) is 0 Å². The third-order valence-electron chi connectivity index (χ3n) is 6.09. The SMILES string of the molecule is COc1ccc(F)c(-c2ccc3c(c2F)CC[C@H]3Oc2cccc([C@H](O)[C@H](C)C(=O)O)c2)c1. The second-order valence-corrected chi connectivity index (χ2v) is 8.13. The van der Waals surface area contributed by atoms with E-state index in [0.717, 1.165) is 0 Å². The van der Waals surface area contributed by atoms with Crippen molar-refractivity contribution in [2.24, 2.45) is 5.92 Å². The first-order valence-electron chi connectivity index (χ1n) is 10.6. The lowest BCUT2D eigenvalue weighted by atomic mass is 9.97. The predicted octanol–water partition coefficient (Wildman–Crippen LogP) is 5.46. The molecule has 33 heavy (non-hydrogen) atoms. The fourth-order valence-corrected chi connectivity index (χ4v) is 4.15. The number of ether oxygens (including phenoxy) is 2. The van der Waals surface area contributed by atoms with Crippen molar-refractivity contribution in [1.29, 1.82) is 0 Å². The number of fused-ring (bicyclic) bond motifs is 1. The Bertz CT molecular complexity index is 1190. The molecule has 0 aromatic heterocycles. The van der Waals surface area contributed by atoms with E-state index in [2.05, 4.69) is 0 Å². The average Bonchev–Trinajstić information content (AvgIpc) is 3.22. The fraction of sp³-hybridized carbons (Fsp3) is 0.269. The zero-order valence-corrected chi connectivity index (χ0v) is 18.2. The summed E-state index contributed by atoms with van der Waals surface area (Å²) >= 11 is 0. The van der Waals surface area contributed by atoms with Crippen LogP contribution in [0, 0.1) is 17.6 Å². The fourth-order valence-electron chi connectivity index (χ4n) is 4.15. The number of hydrogen-bond acceptors (Lipinski definition) is 4. The number of aliphatic hydroxyl groups excluding tert-OH is 1. The highest BCUT2D eigenvalue weighted by Gasteiger charge is 2.29. The normalized spacial score (nSPS) is 16.7. The third kappa shape index (κ3) is 4.41. The predicted molar refractivity (Wildman–Crippen MR) is 118 cm³/mol. The number of carboxylic acids is 1. The number of halogens is 2. The first-order valence-corrected chi connectivity index (χ1v) is 10.6. The Morgan fingerprint density at radius 1 is 1.06 bits per heavy atom. The summed E-state index contributed by atoms with van der Waals surface area (Å²) in [7, 11) is 1.47. The molecule has 0 saturated carbocycles. The Morgan fingerprint density at radius 3 is 2.58 bits per heavy atom. The Labute approximate surface area is 190 Å². The molecule has 3 aromatic rings. The standard InChI is InChI=1S/C26H24F2O5/c1-14(26(30)31)25(29)15-4-3-5-17(12-15)33-23-11-9-19-18(23)7-8-20(24(19)28)21-13-16(32-2)6-10-22(21)27/h3-8,10,12-14,23,25,29H,9,11H2,1-2H3,(H,30,31)/t14-,23+,25+/m0/s1. The van der Waals surface area contributed by atoms with Gasteiger partial charge in [-0.05, 0) is 66.8 Å². The van der Waals surface area contributed by atoms with Crippen LogP contribution in [0.2, 0.25) is 0 Å². The Morgan fingerprint density at radius 2 is 1.85 bits per heavy atom. The molecule has 3 aromatic carbocycles. The minimum atomic E-state index is -1.18. The lowest BCUT2D eigenvalue weighted by Crippen LogP contribution is -2.18. The van der Waals surface area contributed by atoms with E-state index in [0.29, 0.717) is 41.0 Å². The van der Waals surface area contributed by atoms with Crippen LogP contribution in [0.4, 0.5) is 8.78 Å². The largest absolute Gasteiger partial charge is 0.497 e. The van der Waals surface area contributed by atoms with Gasteiger partial charge in [-0.25, -0.2) is 8.78 Å². The maximum atomic E-state index is 15.4. The molecular formula is C26H24F2O5. The summed E-state index contributed by atoms with van der Waals surface area (Å²) in [4.78, 5) is 11.2. The summed E-state index contributed by atoms with van der Waals surface area (Å²) in [5, 5.41) is 19.5. The first-order chi connectivity index (χ1) is 15.8. The number of benzene rings is 3. The van der Waals surface area contributed by atoms with E-state index in [1.165, 1.54) is 32.2 Å². The molecule has 1 aliphatic rings. The second-order valence-electron chi connectivity index (χ2n) is 8.13. The second kappa shape index (κ2) is 9.19. The molecule has 0 fully saturated rings.